The second kappa shape index (κ2) is 11.5. The highest BCUT2D eigenvalue weighted by Crippen LogP contribution is 2.14. The van der Waals surface area contributed by atoms with E-state index in [1.165, 1.54) is 20.0 Å². The maximum Gasteiger partial charge on any atom is 0.333 e. The third kappa shape index (κ3) is 8.03. The number of nitrogens with zero attached hydrogens (tertiary/aromatic N) is 1. The standard InChI is InChI=1S/C19H29NO5/c1-4-5-6-7-12-20(2)18(21)14-25-16-10-8-15(9-11-16)13-17(24-3)19(22)23/h8-11,17H,4-7,12-14H2,1-3H3,(H,22,23)/t17-/m0/s1. The molecule has 6 nitrogen and oxygen atoms in total. The van der Waals surface area contributed by atoms with Crippen LogP contribution in [0, 0.1) is 0 Å². The molecular weight excluding hydrogens is 322 g/mol. The zero-order chi connectivity index (χ0) is 18.7. The summed E-state index contributed by atoms with van der Waals surface area (Å²) < 4.78 is 10.4. The minimum atomic E-state index is -0.990. The molecule has 0 aliphatic rings. The van der Waals surface area contributed by atoms with Crippen LogP contribution in [-0.2, 0) is 20.7 Å². The molecule has 1 aromatic rings. The fourth-order valence-corrected chi connectivity index (χ4v) is 2.36. The van der Waals surface area contributed by atoms with Gasteiger partial charge in [0.1, 0.15) is 5.75 Å². The normalized spacial score (nSPS) is 11.8. The lowest BCUT2D eigenvalue weighted by Crippen LogP contribution is -2.32. The Bertz CT molecular complexity index is 529. The summed E-state index contributed by atoms with van der Waals surface area (Å²) in [5, 5.41) is 8.99. The van der Waals surface area contributed by atoms with Crippen LogP contribution in [0.1, 0.15) is 38.2 Å². The van der Waals surface area contributed by atoms with Crippen molar-refractivity contribution >= 4 is 11.9 Å². The number of unbranched alkanes of at least 4 members (excludes halogenated alkanes) is 3. The number of ether oxygens (including phenoxy) is 2. The Morgan fingerprint density at radius 3 is 2.40 bits per heavy atom. The number of methoxy groups -OCH3 is 1. The van der Waals surface area contributed by atoms with Crippen molar-refractivity contribution in [2.75, 3.05) is 27.3 Å². The van der Waals surface area contributed by atoms with Crippen LogP contribution in [0.3, 0.4) is 0 Å². The third-order valence-electron chi connectivity index (χ3n) is 4.04. The topological polar surface area (TPSA) is 76.1 Å². The molecule has 0 aliphatic heterocycles. The molecule has 1 rings (SSSR count). The van der Waals surface area contributed by atoms with Crippen LogP contribution in [0.25, 0.3) is 0 Å². The number of hydrogen-bond donors (Lipinski definition) is 1. The molecule has 0 aliphatic carbocycles. The van der Waals surface area contributed by atoms with Crippen LogP contribution < -0.4 is 4.74 Å². The van der Waals surface area contributed by atoms with Gasteiger partial charge in [0.15, 0.2) is 12.7 Å². The number of carboxylic acids is 1. The zero-order valence-electron chi connectivity index (χ0n) is 15.4. The Morgan fingerprint density at radius 2 is 1.84 bits per heavy atom. The average Bonchev–Trinajstić information content (AvgIpc) is 2.61. The number of amides is 1. The smallest absolute Gasteiger partial charge is 0.333 e. The number of rotatable bonds is 12. The number of carbonyl (C=O) groups excluding carboxylic acids is 1. The van der Waals surface area contributed by atoms with Gasteiger partial charge in [-0.25, -0.2) is 4.79 Å². The van der Waals surface area contributed by atoms with E-state index >= 15 is 0 Å². The van der Waals surface area contributed by atoms with Crippen LogP contribution in [0.15, 0.2) is 24.3 Å². The van der Waals surface area contributed by atoms with Gasteiger partial charge in [0.2, 0.25) is 0 Å². The molecule has 140 valence electrons. The highest BCUT2D eigenvalue weighted by molar-refractivity contribution is 5.77. The highest BCUT2D eigenvalue weighted by Gasteiger charge is 2.16. The van der Waals surface area contributed by atoms with Gasteiger partial charge in [0.05, 0.1) is 0 Å². The highest BCUT2D eigenvalue weighted by atomic mass is 16.5. The van der Waals surface area contributed by atoms with Crippen molar-refractivity contribution in [3.05, 3.63) is 29.8 Å². The predicted molar refractivity (Wildman–Crippen MR) is 95.9 cm³/mol. The summed E-state index contributed by atoms with van der Waals surface area (Å²) in [6.07, 6.45) is 3.93. The maximum absolute atomic E-state index is 12.0. The molecule has 0 aromatic heterocycles. The molecular formula is C19H29NO5. The van der Waals surface area contributed by atoms with E-state index in [0.29, 0.717) is 5.75 Å². The Kier molecular flexibility index (Phi) is 9.62. The first-order chi connectivity index (χ1) is 12.0. The summed E-state index contributed by atoms with van der Waals surface area (Å²) in [5.74, 6) is -0.456. The van der Waals surface area contributed by atoms with E-state index in [2.05, 4.69) is 6.92 Å². The van der Waals surface area contributed by atoms with E-state index in [1.807, 2.05) is 0 Å². The Balaban J connectivity index is 2.39. The molecule has 6 heteroatoms. The van der Waals surface area contributed by atoms with Crippen LogP contribution in [0.2, 0.25) is 0 Å². The number of carboxylic acid groups (broad SMARTS) is 1. The second-order valence-corrected chi connectivity index (χ2v) is 6.08. The van der Waals surface area contributed by atoms with Crippen LogP contribution in [-0.4, -0.2) is 55.3 Å². The van der Waals surface area contributed by atoms with Gasteiger partial charge in [0.25, 0.3) is 5.91 Å². The summed E-state index contributed by atoms with van der Waals surface area (Å²) in [5.41, 5.74) is 0.834. The summed E-state index contributed by atoms with van der Waals surface area (Å²) in [7, 11) is 3.16. The molecule has 25 heavy (non-hydrogen) atoms. The van der Waals surface area contributed by atoms with E-state index in [4.69, 9.17) is 14.6 Å². The van der Waals surface area contributed by atoms with Crippen LogP contribution in [0.5, 0.6) is 5.75 Å². The first kappa shape index (κ1) is 21.0. The summed E-state index contributed by atoms with van der Waals surface area (Å²) >= 11 is 0. The van der Waals surface area contributed by atoms with Crippen molar-refractivity contribution in [2.24, 2.45) is 0 Å². The quantitative estimate of drug-likeness (QED) is 0.586. The lowest BCUT2D eigenvalue weighted by atomic mass is 10.1. The molecule has 1 N–H and O–H groups in total. The molecule has 0 saturated heterocycles. The Labute approximate surface area is 149 Å². The number of benzene rings is 1. The summed E-state index contributed by atoms with van der Waals surface area (Å²) in [4.78, 5) is 24.7. The van der Waals surface area contributed by atoms with E-state index in [1.54, 1.807) is 36.2 Å². The van der Waals surface area contributed by atoms with Crippen LogP contribution >= 0.6 is 0 Å². The van der Waals surface area contributed by atoms with Gasteiger partial charge < -0.3 is 19.5 Å². The minimum absolute atomic E-state index is 0.000549. The van der Waals surface area contributed by atoms with Gasteiger partial charge in [-0.3, -0.25) is 4.79 Å². The molecule has 1 atom stereocenters. The lowest BCUT2D eigenvalue weighted by Gasteiger charge is -2.17. The van der Waals surface area contributed by atoms with Crippen molar-refractivity contribution in [2.45, 2.75) is 45.1 Å². The first-order valence-electron chi connectivity index (χ1n) is 8.69. The molecule has 0 radical (unpaired) electrons. The molecule has 0 spiro atoms. The van der Waals surface area contributed by atoms with Gasteiger partial charge >= 0.3 is 5.97 Å². The number of carbonyl (C=O) groups is 2. The fourth-order valence-electron chi connectivity index (χ4n) is 2.36. The molecule has 0 heterocycles. The monoisotopic (exact) mass is 351 g/mol. The summed E-state index contributed by atoms with van der Waals surface area (Å²) in [6, 6.07) is 7.03. The van der Waals surface area contributed by atoms with Gasteiger partial charge in [-0.15, -0.1) is 0 Å². The Hall–Kier alpha value is -2.08. The number of hydrogen-bond acceptors (Lipinski definition) is 4. The molecule has 1 aromatic carbocycles. The van der Waals surface area contributed by atoms with E-state index in [0.717, 1.165) is 24.9 Å². The van der Waals surface area contributed by atoms with Crippen molar-refractivity contribution in [3.63, 3.8) is 0 Å². The fraction of sp³-hybridized carbons (Fsp3) is 0.579. The van der Waals surface area contributed by atoms with Crippen molar-refractivity contribution < 1.29 is 24.2 Å². The second-order valence-electron chi connectivity index (χ2n) is 6.08. The molecule has 0 unspecified atom stereocenters. The maximum atomic E-state index is 12.0. The van der Waals surface area contributed by atoms with Crippen molar-refractivity contribution in [1.29, 1.82) is 0 Å². The van der Waals surface area contributed by atoms with Crippen molar-refractivity contribution in [1.82, 2.24) is 4.90 Å². The van der Waals surface area contributed by atoms with Gasteiger partial charge in [-0.05, 0) is 24.1 Å². The Morgan fingerprint density at radius 1 is 1.16 bits per heavy atom. The number of aliphatic carboxylic acids is 1. The van der Waals surface area contributed by atoms with Gasteiger partial charge in [-0.2, -0.15) is 0 Å². The molecule has 0 saturated carbocycles. The minimum Gasteiger partial charge on any atom is -0.484 e. The molecule has 0 bridgehead atoms. The van der Waals surface area contributed by atoms with E-state index < -0.39 is 12.1 Å². The van der Waals surface area contributed by atoms with Crippen molar-refractivity contribution in [3.8, 4) is 5.75 Å². The largest absolute Gasteiger partial charge is 0.484 e. The number of likely N-dealkylation sites (N-methyl/N-ethyl adjacent to an activating group) is 1. The zero-order valence-corrected chi connectivity index (χ0v) is 15.4. The molecule has 0 fully saturated rings. The van der Waals surface area contributed by atoms with Gasteiger partial charge in [-0.1, -0.05) is 38.3 Å². The predicted octanol–water partition coefficient (Wildman–Crippen LogP) is 2.75. The van der Waals surface area contributed by atoms with E-state index in [-0.39, 0.29) is 18.9 Å². The first-order valence-corrected chi connectivity index (χ1v) is 8.69. The summed E-state index contributed by atoms with van der Waals surface area (Å²) in [6.45, 7) is 2.90. The lowest BCUT2D eigenvalue weighted by molar-refractivity contribution is -0.148. The van der Waals surface area contributed by atoms with Crippen LogP contribution in [0.4, 0.5) is 0 Å². The van der Waals surface area contributed by atoms with E-state index in [9.17, 15) is 9.59 Å². The average molecular weight is 351 g/mol. The SMILES string of the molecule is CCCCCCN(C)C(=O)COc1ccc(C[C@H](OC)C(=O)O)cc1. The third-order valence-corrected chi connectivity index (χ3v) is 4.04. The van der Waals surface area contributed by atoms with Gasteiger partial charge in [0, 0.05) is 27.1 Å². The molecule has 1 amide bonds.